The number of hydrogen-bond acceptors (Lipinski definition) is 4. The molecule has 1 saturated heterocycles. The van der Waals surface area contributed by atoms with E-state index in [1.54, 1.807) is 6.21 Å². The van der Waals surface area contributed by atoms with Crippen LogP contribution in [0.5, 0.6) is 0 Å². The van der Waals surface area contributed by atoms with E-state index in [-0.39, 0.29) is 5.91 Å². The number of fused-ring (bicyclic) bond motifs is 1. The van der Waals surface area contributed by atoms with Crippen LogP contribution in [-0.4, -0.2) is 43.2 Å². The Bertz CT molecular complexity index is 1270. The average molecular weight is 449 g/mol. The van der Waals surface area contributed by atoms with Gasteiger partial charge in [-0.05, 0) is 40.6 Å². The highest BCUT2D eigenvalue weighted by atomic mass is 16.2. The number of anilines is 1. The molecule has 1 N–H and O–H groups in total. The van der Waals surface area contributed by atoms with Crippen molar-refractivity contribution in [1.29, 1.82) is 0 Å². The third-order valence-electron chi connectivity index (χ3n) is 6.31. The van der Waals surface area contributed by atoms with Crippen LogP contribution < -0.4 is 10.3 Å². The first-order chi connectivity index (χ1) is 16.8. The van der Waals surface area contributed by atoms with E-state index >= 15 is 0 Å². The van der Waals surface area contributed by atoms with Gasteiger partial charge in [0, 0.05) is 49.5 Å². The largest absolute Gasteiger partial charge is 0.369 e. The maximum absolute atomic E-state index is 12.5. The highest BCUT2D eigenvalue weighted by Crippen LogP contribution is 2.18. The Morgan fingerprint density at radius 1 is 0.794 bits per heavy atom. The monoisotopic (exact) mass is 448 g/mol. The maximum atomic E-state index is 12.5. The Morgan fingerprint density at radius 3 is 2.29 bits per heavy atom. The molecule has 5 heteroatoms. The maximum Gasteiger partial charge on any atom is 0.271 e. The average Bonchev–Trinajstić information content (AvgIpc) is 2.90. The van der Waals surface area contributed by atoms with Gasteiger partial charge in [-0.2, -0.15) is 5.10 Å². The molecule has 5 nitrogen and oxygen atoms in total. The fraction of sp³-hybridized carbons (Fsp3) is 0.172. The minimum absolute atomic E-state index is 0.209. The number of nitrogens with one attached hydrogen (secondary N) is 1. The van der Waals surface area contributed by atoms with E-state index in [0.29, 0.717) is 5.56 Å². The number of nitrogens with zero attached hydrogens (tertiary/aromatic N) is 3. The van der Waals surface area contributed by atoms with Crippen LogP contribution in [-0.2, 0) is 6.54 Å². The standard InChI is InChI=1S/C29H28N4O/c34-29(31-30-21-26-9-6-8-24-7-4-5-12-28(24)26)25-15-13-23(14-16-25)22-32-17-19-33(20-18-32)27-10-2-1-3-11-27/h1-16,21H,17-20,22H2,(H,31,34)/b30-21+. The fourth-order valence-electron chi connectivity index (χ4n) is 4.41. The summed E-state index contributed by atoms with van der Waals surface area (Å²) >= 11 is 0. The lowest BCUT2D eigenvalue weighted by molar-refractivity contribution is 0.0955. The van der Waals surface area contributed by atoms with Crippen molar-refractivity contribution in [1.82, 2.24) is 10.3 Å². The van der Waals surface area contributed by atoms with Crippen LogP contribution in [0.3, 0.4) is 0 Å². The quantitative estimate of drug-likeness (QED) is 0.336. The molecule has 1 aliphatic heterocycles. The van der Waals surface area contributed by atoms with Crippen molar-refractivity contribution < 1.29 is 4.79 Å². The summed E-state index contributed by atoms with van der Waals surface area (Å²) in [5.74, 6) is -0.209. The third kappa shape index (κ3) is 5.16. The zero-order valence-electron chi connectivity index (χ0n) is 19.1. The van der Waals surface area contributed by atoms with Crippen molar-refractivity contribution in [3.05, 3.63) is 114 Å². The number of para-hydroxylation sites is 1. The second kappa shape index (κ2) is 10.3. The molecule has 0 atom stereocenters. The highest BCUT2D eigenvalue weighted by Gasteiger charge is 2.17. The summed E-state index contributed by atoms with van der Waals surface area (Å²) in [7, 11) is 0. The van der Waals surface area contributed by atoms with Crippen LogP contribution in [0, 0.1) is 0 Å². The molecule has 0 saturated carbocycles. The Morgan fingerprint density at radius 2 is 1.50 bits per heavy atom. The number of hydrogen-bond donors (Lipinski definition) is 1. The molecular formula is C29H28N4O. The van der Waals surface area contributed by atoms with Gasteiger partial charge in [-0.15, -0.1) is 0 Å². The minimum atomic E-state index is -0.209. The number of benzene rings is 4. The van der Waals surface area contributed by atoms with Gasteiger partial charge in [0.1, 0.15) is 0 Å². The molecule has 0 bridgehead atoms. The first-order valence-electron chi connectivity index (χ1n) is 11.7. The second-order valence-electron chi connectivity index (χ2n) is 8.56. The van der Waals surface area contributed by atoms with E-state index in [0.717, 1.165) is 49.1 Å². The molecule has 34 heavy (non-hydrogen) atoms. The Labute approximate surface area is 200 Å². The Kier molecular flexibility index (Phi) is 6.64. The van der Waals surface area contributed by atoms with Gasteiger partial charge < -0.3 is 4.90 Å². The van der Waals surface area contributed by atoms with Gasteiger partial charge in [0.05, 0.1) is 6.21 Å². The highest BCUT2D eigenvalue weighted by molar-refractivity contribution is 6.00. The molecule has 0 spiro atoms. The number of carbonyl (C=O) groups is 1. The number of rotatable bonds is 6. The molecule has 0 aromatic heterocycles. The first-order valence-corrected chi connectivity index (χ1v) is 11.7. The summed E-state index contributed by atoms with van der Waals surface area (Å²) in [6.45, 7) is 5.00. The van der Waals surface area contributed by atoms with Crippen LogP contribution in [0.15, 0.2) is 102 Å². The number of carbonyl (C=O) groups excluding carboxylic acids is 1. The molecule has 1 fully saturated rings. The molecule has 4 aromatic rings. The molecule has 5 rings (SSSR count). The Balaban J connectivity index is 1.14. The predicted molar refractivity (Wildman–Crippen MR) is 139 cm³/mol. The van der Waals surface area contributed by atoms with E-state index < -0.39 is 0 Å². The molecule has 0 unspecified atom stereocenters. The summed E-state index contributed by atoms with van der Waals surface area (Å²) in [5.41, 5.74) is 6.73. The lowest BCUT2D eigenvalue weighted by Gasteiger charge is -2.36. The van der Waals surface area contributed by atoms with Crippen LogP contribution in [0.25, 0.3) is 10.8 Å². The fourth-order valence-corrected chi connectivity index (χ4v) is 4.41. The van der Waals surface area contributed by atoms with Gasteiger partial charge in [-0.1, -0.05) is 72.8 Å². The normalized spacial score (nSPS) is 14.5. The van der Waals surface area contributed by atoms with Crippen molar-refractivity contribution in [3.63, 3.8) is 0 Å². The predicted octanol–water partition coefficient (Wildman–Crippen LogP) is 4.93. The smallest absolute Gasteiger partial charge is 0.271 e. The summed E-state index contributed by atoms with van der Waals surface area (Å²) < 4.78 is 0. The van der Waals surface area contributed by atoms with Crippen molar-refractivity contribution in [3.8, 4) is 0 Å². The SMILES string of the molecule is O=C(N/N=C/c1cccc2ccccc12)c1ccc(CN2CCN(c3ccccc3)CC2)cc1. The number of piperazine rings is 1. The van der Waals surface area contributed by atoms with Gasteiger partial charge >= 0.3 is 0 Å². The van der Waals surface area contributed by atoms with Crippen molar-refractivity contribution in [2.45, 2.75) is 6.54 Å². The zero-order chi connectivity index (χ0) is 23.2. The lowest BCUT2D eigenvalue weighted by Crippen LogP contribution is -2.45. The van der Waals surface area contributed by atoms with Crippen LogP contribution in [0.1, 0.15) is 21.5 Å². The van der Waals surface area contributed by atoms with Crippen LogP contribution in [0.2, 0.25) is 0 Å². The summed E-state index contributed by atoms with van der Waals surface area (Å²) in [5, 5.41) is 6.44. The van der Waals surface area contributed by atoms with Crippen LogP contribution in [0.4, 0.5) is 5.69 Å². The van der Waals surface area contributed by atoms with E-state index in [2.05, 4.69) is 68.9 Å². The van der Waals surface area contributed by atoms with Gasteiger partial charge in [-0.3, -0.25) is 9.69 Å². The van der Waals surface area contributed by atoms with E-state index in [9.17, 15) is 4.79 Å². The lowest BCUT2D eigenvalue weighted by atomic mass is 10.1. The van der Waals surface area contributed by atoms with Gasteiger partial charge in [-0.25, -0.2) is 5.43 Å². The van der Waals surface area contributed by atoms with Crippen molar-refractivity contribution in [2.24, 2.45) is 5.10 Å². The third-order valence-corrected chi connectivity index (χ3v) is 6.31. The van der Waals surface area contributed by atoms with Gasteiger partial charge in [0.25, 0.3) is 5.91 Å². The first kappa shape index (κ1) is 21.9. The van der Waals surface area contributed by atoms with Gasteiger partial charge in [0.2, 0.25) is 0 Å². The molecule has 1 aliphatic rings. The van der Waals surface area contributed by atoms with E-state index in [4.69, 9.17) is 0 Å². The number of hydrazone groups is 1. The number of amides is 1. The Hall–Kier alpha value is -3.96. The van der Waals surface area contributed by atoms with Gasteiger partial charge in [0.15, 0.2) is 0 Å². The molecule has 1 amide bonds. The van der Waals surface area contributed by atoms with Crippen molar-refractivity contribution in [2.75, 3.05) is 31.1 Å². The minimum Gasteiger partial charge on any atom is -0.369 e. The molecule has 1 heterocycles. The summed E-state index contributed by atoms with van der Waals surface area (Å²) in [6.07, 6.45) is 1.70. The topological polar surface area (TPSA) is 47.9 Å². The molecule has 4 aromatic carbocycles. The van der Waals surface area contributed by atoms with E-state index in [1.807, 2.05) is 48.5 Å². The van der Waals surface area contributed by atoms with E-state index in [1.165, 1.54) is 11.3 Å². The molecular weight excluding hydrogens is 420 g/mol. The molecule has 0 radical (unpaired) electrons. The molecule has 0 aliphatic carbocycles. The summed E-state index contributed by atoms with van der Waals surface area (Å²) in [4.78, 5) is 17.4. The summed E-state index contributed by atoms with van der Waals surface area (Å²) in [6, 6.07) is 32.6. The second-order valence-corrected chi connectivity index (χ2v) is 8.56. The zero-order valence-corrected chi connectivity index (χ0v) is 19.1. The van der Waals surface area contributed by atoms with Crippen LogP contribution >= 0.6 is 0 Å². The van der Waals surface area contributed by atoms with Crippen molar-refractivity contribution >= 4 is 28.6 Å². The molecule has 170 valence electrons.